The number of Topliss-reactive ketones (excluding diaryl/α,β-unsaturated/α-hetero) is 1. The van der Waals surface area contributed by atoms with Crippen molar-refractivity contribution in [2.75, 3.05) is 0 Å². The maximum Gasteiger partial charge on any atom is 0.335 e. The number of nitrogens with zero attached hydrogens (tertiary/aromatic N) is 1. The topological polar surface area (TPSA) is 108 Å². The molecule has 2 N–H and O–H groups in total. The number of benzene rings is 3. The van der Waals surface area contributed by atoms with Crippen molar-refractivity contribution >= 4 is 34.2 Å². The first-order valence-corrected chi connectivity index (χ1v) is 10.6. The van der Waals surface area contributed by atoms with Crippen LogP contribution >= 0.6 is 0 Å². The molecule has 34 heavy (non-hydrogen) atoms. The highest BCUT2D eigenvalue weighted by Gasteiger charge is 2.47. The molecule has 3 aromatic carbocycles. The molecule has 2 heterocycles. The maximum absolute atomic E-state index is 13.1. The zero-order valence-corrected chi connectivity index (χ0v) is 17.8. The minimum absolute atomic E-state index is 0.0321. The summed E-state index contributed by atoms with van der Waals surface area (Å²) in [5.74, 6) is -2.59. The van der Waals surface area contributed by atoms with Gasteiger partial charge in [0.15, 0.2) is 0 Å². The van der Waals surface area contributed by atoms with Crippen LogP contribution in [0, 0.1) is 0 Å². The van der Waals surface area contributed by atoms with E-state index in [4.69, 9.17) is 9.52 Å². The summed E-state index contributed by atoms with van der Waals surface area (Å²) in [5.41, 5.74) is 1.11. The molecule has 5 rings (SSSR count). The number of aliphatic hydroxyl groups excluding tert-OH is 1. The lowest BCUT2D eigenvalue weighted by molar-refractivity contribution is -0.140. The van der Waals surface area contributed by atoms with E-state index in [-0.39, 0.29) is 23.4 Å². The summed E-state index contributed by atoms with van der Waals surface area (Å²) in [5, 5.41) is 22.2. The Bertz CT molecular complexity index is 1450. The van der Waals surface area contributed by atoms with E-state index in [0.29, 0.717) is 16.9 Å². The zero-order valence-electron chi connectivity index (χ0n) is 17.8. The lowest BCUT2D eigenvalue weighted by Crippen LogP contribution is -2.29. The third-order valence-electron chi connectivity index (χ3n) is 5.93. The number of likely N-dealkylation sites (tertiary alicyclic amines) is 1. The van der Waals surface area contributed by atoms with Crippen LogP contribution < -0.4 is 0 Å². The molecule has 1 atom stereocenters. The molecule has 1 saturated heterocycles. The number of carbonyl (C=O) groups is 3. The number of hydrogen-bond donors (Lipinski definition) is 2. The SMILES string of the molecule is O=C1C(=O)N(Cc2ccc(C(=O)O)cc2)C(c2ccco2)/C1=C(/O)c1ccc2ccccc2c1. The van der Waals surface area contributed by atoms with Crippen LogP contribution in [0.25, 0.3) is 16.5 Å². The number of fused-ring (bicyclic) bond motifs is 1. The molecular formula is C27H19NO6. The average Bonchev–Trinajstić information content (AvgIpc) is 3.46. The van der Waals surface area contributed by atoms with Crippen molar-refractivity contribution in [1.29, 1.82) is 0 Å². The Morgan fingerprint density at radius 1 is 0.853 bits per heavy atom. The minimum Gasteiger partial charge on any atom is -0.507 e. The molecule has 4 aromatic rings. The maximum atomic E-state index is 13.1. The number of carbonyl (C=O) groups excluding carboxylic acids is 2. The highest BCUT2D eigenvalue weighted by Crippen LogP contribution is 2.40. The number of ketones is 1. The Hall–Kier alpha value is -4.65. The number of aliphatic hydroxyl groups is 1. The first kappa shape index (κ1) is 21.2. The highest BCUT2D eigenvalue weighted by atomic mass is 16.4. The van der Waals surface area contributed by atoms with E-state index in [9.17, 15) is 19.5 Å². The fourth-order valence-electron chi connectivity index (χ4n) is 4.23. The van der Waals surface area contributed by atoms with E-state index in [0.717, 1.165) is 10.8 Å². The van der Waals surface area contributed by atoms with Gasteiger partial charge < -0.3 is 19.5 Å². The number of rotatable bonds is 5. The van der Waals surface area contributed by atoms with Crippen LogP contribution in [0.2, 0.25) is 0 Å². The fourth-order valence-corrected chi connectivity index (χ4v) is 4.23. The number of carboxylic acid groups (broad SMARTS) is 1. The van der Waals surface area contributed by atoms with Crippen LogP contribution in [0.5, 0.6) is 0 Å². The molecule has 0 spiro atoms. The Kier molecular flexibility index (Phi) is 5.22. The van der Waals surface area contributed by atoms with Crippen LogP contribution in [-0.4, -0.2) is 32.8 Å². The van der Waals surface area contributed by atoms with E-state index in [1.807, 2.05) is 30.3 Å². The van der Waals surface area contributed by atoms with Gasteiger partial charge in [-0.3, -0.25) is 9.59 Å². The number of carboxylic acids is 1. The number of amides is 1. The molecule has 0 aliphatic carbocycles. The number of hydrogen-bond acceptors (Lipinski definition) is 5. The van der Waals surface area contributed by atoms with Gasteiger partial charge in [-0.2, -0.15) is 0 Å². The minimum atomic E-state index is -1.06. The molecule has 1 aromatic heterocycles. The highest BCUT2D eigenvalue weighted by molar-refractivity contribution is 6.46. The van der Waals surface area contributed by atoms with Gasteiger partial charge in [0.05, 0.1) is 17.4 Å². The standard InChI is InChI=1S/C27H19NO6/c29-24(20-12-11-17-4-1-2-5-19(17)14-20)22-23(21-6-3-13-34-21)28(26(31)25(22)30)15-16-7-9-18(10-8-16)27(32)33/h1-14,23,29H,15H2,(H,32,33)/b24-22-. The molecule has 1 unspecified atom stereocenters. The lowest BCUT2D eigenvalue weighted by atomic mass is 9.97. The van der Waals surface area contributed by atoms with Crippen LogP contribution in [0.1, 0.15) is 33.3 Å². The van der Waals surface area contributed by atoms with Gasteiger partial charge in [-0.05, 0) is 46.7 Å². The summed E-state index contributed by atoms with van der Waals surface area (Å²) in [4.78, 5) is 38.6. The number of aromatic carboxylic acids is 1. The molecule has 1 fully saturated rings. The second-order valence-corrected chi connectivity index (χ2v) is 8.01. The zero-order chi connectivity index (χ0) is 23.8. The van der Waals surface area contributed by atoms with Crippen LogP contribution in [-0.2, 0) is 16.1 Å². The molecule has 7 nitrogen and oxygen atoms in total. The van der Waals surface area contributed by atoms with Crippen LogP contribution in [0.15, 0.2) is 95.1 Å². The molecular weight excluding hydrogens is 434 g/mol. The Balaban J connectivity index is 1.59. The largest absolute Gasteiger partial charge is 0.507 e. The summed E-state index contributed by atoms with van der Waals surface area (Å²) in [6.07, 6.45) is 1.44. The smallest absolute Gasteiger partial charge is 0.335 e. The molecule has 0 radical (unpaired) electrons. The van der Waals surface area contributed by atoms with Crippen molar-refractivity contribution in [2.24, 2.45) is 0 Å². The monoisotopic (exact) mass is 453 g/mol. The molecule has 168 valence electrons. The molecule has 0 saturated carbocycles. The van der Waals surface area contributed by atoms with E-state index < -0.39 is 23.7 Å². The van der Waals surface area contributed by atoms with Crippen molar-refractivity contribution < 1.29 is 29.0 Å². The van der Waals surface area contributed by atoms with Gasteiger partial charge in [-0.1, -0.05) is 48.5 Å². The van der Waals surface area contributed by atoms with Crippen molar-refractivity contribution in [3.8, 4) is 0 Å². The van der Waals surface area contributed by atoms with Gasteiger partial charge in [0.1, 0.15) is 17.6 Å². The van der Waals surface area contributed by atoms with Crippen molar-refractivity contribution in [2.45, 2.75) is 12.6 Å². The first-order valence-electron chi connectivity index (χ1n) is 10.6. The van der Waals surface area contributed by atoms with Gasteiger partial charge in [-0.25, -0.2) is 4.79 Å². The van der Waals surface area contributed by atoms with Gasteiger partial charge in [0.25, 0.3) is 11.7 Å². The van der Waals surface area contributed by atoms with Crippen molar-refractivity contribution in [3.05, 3.63) is 113 Å². The normalized spacial score (nSPS) is 17.4. The number of furan rings is 1. The van der Waals surface area contributed by atoms with Crippen LogP contribution in [0.3, 0.4) is 0 Å². The van der Waals surface area contributed by atoms with E-state index in [2.05, 4.69) is 0 Å². The summed E-state index contributed by atoms with van der Waals surface area (Å²) in [6.45, 7) is 0.0321. The second kappa shape index (κ2) is 8.37. The van der Waals surface area contributed by atoms with Crippen LogP contribution in [0.4, 0.5) is 0 Å². The van der Waals surface area contributed by atoms with Gasteiger partial charge in [0, 0.05) is 12.1 Å². The van der Waals surface area contributed by atoms with E-state index in [1.165, 1.54) is 23.3 Å². The Morgan fingerprint density at radius 2 is 1.56 bits per heavy atom. The van der Waals surface area contributed by atoms with Gasteiger partial charge in [-0.15, -0.1) is 0 Å². The van der Waals surface area contributed by atoms with E-state index in [1.54, 1.807) is 36.4 Å². The Morgan fingerprint density at radius 3 is 2.24 bits per heavy atom. The van der Waals surface area contributed by atoms with Crippen molar-refractivity contribution in [1.82, 2.24) is 4.90 Å². The molecule has 0 bridgehead atoms. The first-order chi connectivity index (χ1) is 16.4. The Labute approximate surface area is 194 Å². The van der Waals surface area contributed by atoms with Gasteiger partial charge in [0.2, 0.25) is 0 Å². The molecule has 1 aliphatic rings. The summed E-state index contributed by atoms with van der Waals surface area (Å²) in [7, 11) is 0. The predicted octanol–water partition coefficient (Wildman–Crippen LogP) is 4.75. The summed E-state index contributed by atoms with van der Waals surface area (Å²) < 4.78 is 5.55. The predicted molar refractivity (Wildman–Crippen MR) is 124 cm³/mol. The van der Waals surface area contributed by atoms with Crippen molar-refractivity contribution in [3.63, 3.8) is 0 Å². The third kappa shape index (κ3) is 3.63. The molecule has 7 heteroatoms. The third-order valence-corrected chi connectivity index (χ3v) is 5.93. The quantitative estimate of drug-likeness (QED) is 0.256. The summed E-state index contributed by atoms with van der Waals surface area (Å²) >= 11 is 0. The van der Waals surface area contributed by atoms with E-state index >= 15 is 0 Å². The lowest BCUT2D eigenvalue weighted by Gasteiger charge is -2.23. The second-order valence-electron chi connectivity index (χ2n) is 8.01. The molecule has 1 aliphatic heterocycles. The van der Waals surface area contributed by atoms with Gasteiger partial charge >= 0.3 is 5.97 Å². The summed E-state index contributed by atoms with van der Waals surface area (Å²) in [6, 6.07) is 21.3. The fraction of sp³-hybridized carbons (Fsp3) is 0.0741. The average molecular weight is 453 g/mol. The molecule has 1 amide bonds.